The van der Waals surface area contributed by atoms with Gasteiger partial charge in [-0.2, -0.15) is 0 Å². The second-order valence-corrected chi connectivity index (χ2v) is 3.09. The Balaban J connectivity index is 2.81. The van der Waals surface area contributed by atoms with Crippen molar-refractivity contribution in [3.8, 4) is 0 Å². The van der Waals surface area contributed by atoms with Crippen molar-refractivity contribution < 1.29 is 8.78 Å². The van der Waals surface area contributed by atoms with Crippen molar-refractivity contribution >= 4 is 16.5 Å². The fourth-order valence-corrected chi connectivity index (χ4v) is 1.55. The Bertz CT molecular complexity index is 466. The van der Waals surface area contributed by atoms with Crippen molar-refractivity contribution in [1.29, 1.82) is 0 Å². The van der Waals surface area contributed by atoms with E-state index >= 15 is 0 Å². The van der Waals surface area contributed by atoms with E-state index in [0.717, 1.165) is 0 Å². The van der Waals surface area contributed by atoms with E-state index in [0.29, 0.717) is 16.5 Å². The molecule has 2 N–H and O–H groups in total. The van der Waals surface area contributed by atoms with Crippen molar-refractivity contribution in [2.75, 3.05) is 5.73 Å². The van der Waals surface area contributed by atoms with Crippen molar-refractivity contribution in [1.82, 2.24) is 0 Å². The first-order valence-corrected chi connectivity index (χ1v) is 4.25. The quantitative estimate of drug-likeness (QED) is 0.690. The summed E-state index contributed by atoms with van der Waals surface area (Å²) in [5.74, 6) is 0. The normalized spacial score (nSPS) is 11.1. The Hall–Kier alpha value is -1.64. The van der Waals surface area contributed by atoms with E-state index in [-0.39, 0.29) is 5.56 Å². The molecule has 0 aromatic heterocycles. The van der Waals surface area contributed by atoms with Crippen LogP contribution >= 0.6 is 0 Å². The van der Waals surface area contributed by atoms with Crippen LogP contribution < -0.4 is 5.73 Å². The lowest BCUT2D eigenvalue weighted by atomic mass is 10.0. The summed E-state index contributed by atoms with van der Waals surface area (Å²) in [6, 6.07) is 9.82. The molecular weight excluding hydrogens is 184 g/mol. The number of benzene rings is 2. The molecule has 0 saturated carbocycles. The molecule has 2 aromatic rings. The van der Waals surface area contributed by atoms with Gasteiger partial charge in [0.05, 0.1) is 0 Å². The molecular formula is C11H9F2N. The zero-order chi connectivity index (χ0) is 10.1. The van der Waals surface area contributed by atoms with E-state index in [9.17, 15) is 8.78 Å². The summed E-state index contributed by atoms with van der Waals surface area (Å²) in [5.41, 5.74) is 6.25. The Kier molecular flexibility index (Phi) is 2.08. The summed E-state index contributed by atoms with van der Waals surface area (Å²) in [6.45, 7) is 0. The van der Waals surface area contributed by atoms with Gasteiger partial charge in [-0.3, -0.25) is 0 Å². The second-order valence-electron chi connectivity index (χ2n) is 3.09. The van der Waals surface area contributed by atoms with E-state index in [1.165, 1.54) is 6.07 Å². The standard InChI is InChI=1S/C11H9F2N/c12-11(13)9-5-1-4-8-7(9)3-2-6-10(8)14/h1-6,11H,14H2. The third-order valence-electron chi connectivity index (χ3n) is 2.22. The van der Waals surface area contributed by atoms with Crippen molar-refractivity contribution in [3.05, 3.63) is 42.0 Å². The summed E-state index contributed by atoms with van der Waals surface area (Å²) >= 11 is 0. The Morgan fingerprint density at radius 3 is 2.29 bits per heavy atom. The molecule has 0 atom stereocenters. The molecule has 2 aromatic carbocycles. The number of halogens is 2. The summed E-state index contributed by atoms with van der Waals surface area (Å²) < 4.78 is 25.2. The fourth-order valence-electron chi connectivity index (χ4n) is 1.55. The van der Waals surface area contributed by atoms with Gasteiger partial charge in [0.15, 0.2) is 0 Å². The number of nitrogen functional groups attached to an aromatic ring is 1. The number of rotatable bonds is 1. The van der Waals surface area contributed by atoms with Crippen LogP contribution in [-0.4, -0.2) is 0 Å². The average molecular weight is 193 g/mol. The van der Waals surface area contributed by atoms with E-state index in [1.807, 2.05) is 0 Å². The van der Waals surface area contributed by atoms with Gasteiger partial charge in [-0.25, -0.2) is 8.78 Å². The van der Waals surface area contributed by atoms with Crippen LogP contribution in [-0.2, 0) is 0 Å². The minimum atomic E-state index is -2.46. The van der Waals surface area contributed by atoms with Crippen molar-refractivity contribution in [2.24, 2.45) is 0 Å². The van der Waals surface area contributed by atoms with Gasteiger partial charge in [-0.05, 0) is 11.5 Å². The van der Waals surface area contributed by atoms with E-state index in [1.54, 1.807) is 30.3 Å². The van der Waals surface area contributed by atoms with Gasteiger partial charge in [0.1, 0.15) is 0 Å². The third-order valence-corrected chi connectivity index (χ3v) is 2.22. The highest BCUT2D eigenvalue weighted by Crippen LogP contribution is 2.30. The Labute approximate surface area is 80.1 Å². The number of alkyl halides is 2. The molecule has 0 fully saturated rings. The highest BCUT2D eigenvalue weighted by atomic mass is 19.3. The van der Waals surface area contributed by atoms with E-state index in [4.69, 9.17) is 5.73 Å². The lowest BCUT2D eigenvalue weighted by Crippen LogP contribution is -1.90. The maximum absolute atomic E-state index is 12.6. The molecule has 0 heterocycles. The SMILES string of the molecule is Nc1cccc2c(C(F)F)cccc12. The number of hydrogen-bond donors (Lipinski definition) is 1. The zero-order valence-corrected chi connectivity index (χ0v) is 7.37. The summed E-state index contributed by atoms with van der Waals surface area (Å²) in [5, 5.41) is 1.22. The van der Waals surface area contributed by atoms with Crippen LogP contribution in [0.4, 0.5) is 14.5 Å². The number of fused-ring (bicyclic) bond motifs is 1. The predicted molar refractivity (Wildman–Crippen MR) is 53.3 cm³/mol. The zero-order valence-electron chi connectivity index (χ0n) is 7.37. The molecule has 0 spiro atoms. The average Bonchev–Trinajstić information content (AvgIpc) is 2.17. The van der Waals surface area contributed by atoms with Crippen molar-refractivity contribution in [3.63, 3.8) is 0 Å². The third kappa shape index (κ3) is 1.31. The van der Waals surface area contributed by atoms with Crippen LogP contribution in [0.15, 0.2) is 36.4 Å². The van der Waals surface area contributed by atoms with Crippen LogP contribution in [0, 0.1) is 0 Å². The molecule has 72 valence electrons. The molecule has 0 aliphatic rings. The van der Waals surface area contributed by atoms with Crippen molar-refractivity contribution in [2.45, 2.75) is 6.43 Å². The van der Waals surface area contributed by atoms with E-state index in [2.05, 4.69) is 0 Å². The van der Waals surface area contributed by atoms with Gasteiger partial charge >= 0.3 is 0 Å². The molecule has 0 amide bonds. The van der Waals surface area contributed by atoms with Crippen LogP contribution in [0.1, 0.15) is 12.0 Å². The maximum Gasteiger partial charge on any atom is 0.264 e. The van der Waals surface area contributed by atoms with Crippen LogP contribution in [0.2, 0.25) is 0 Å². The molecule has 14 heavy (non-hydrogen) atoms. The maximum atomic E-state index is 12.6. The molecule has 0 saturated heterocycles. The molecule has 1 nitrogen and oxygen atoms in total. The topological polar surface area (TPSA) is 26.0 Å². The van der Waals surface area contributed by atoms with Gasteiger partial charge in [0.2, 0.25) is 0 Å². The Morgan fingerprint density at radius 1 is 0.929 bits per heavy atom. The van der Waals surface area contributed by atoms with Gasteiger partial charge in [-0.1, -0.05) is 30.3 Å². The number of hydrogen-bond acceptors (Lipinski definition) is 1. The highest BCUT2D eigenvalue weighted by Gasteiger charge is 2.11. The number of nitrogens with two attached hydrogens (primary N) is 1. The largest absolute Gasteiger partial charge is 0.398 e. The molecule has 0 aliphatic heterocycles. The molecule has 0 aliphatic carbocycles. The molecule has 0 unspecified atom stereocenters. The lowest BCUT2D eigenvalue weighted by molar-refractivity contribution is 0.153. The minimum absolute atomic E-state index is 0.0369. The fraction of sp³-hybridized carbons (Fsp3) is 0.0909. The first kappa shape index (κ1) is 8.94. The summed E-state index contributed by atoms with van der Waals surface area (Å²) in [6.07, 6.45) is -2.46. The van der Waals surface area contributed by atoms with Crippen LogP contribution in [0.3, 0.4) is 0 Å². The van der Waals surface area contributed by atoms with E-state index < -0.39 is 6.43 Å². The Morgan fingerprint density at radius 2 is 1.57 bits per heavy atom. The van der Waals surface area contributed by atoms with Crippen LogP contribution in [0.25, 0.3) is 10.8 Å². The first-order valence-electron chi connectivity index (χ1n) is 4.25. The monoisotopic (exact) mass is 193 g/mol. The highest BCUT2D eigenvalue weighted by molar-refractivity contribution is 5.95. The number of anilines is 1. The first-order chi connectivity index (χ1) is 6.70. The predicted octanol–water partition coefficient (Wildman–Crippen LogP) is 3.36. The van der Waals surface area contributed by atoms with Crippen LogP contribution in [0.5, 0.6) is 0 Å². The van der Waals surface area contributed by atoms with Gasteiger partial charge in [-0.15, -0.1) is 0 Å². The minimum Gasteiger partial charge on any atom is -0.398 e. The van der Waals surface area contributed by atoms with Gasteiger partial charge in [0.25, 0.3) is 6.43 Å². The van der Waals surface area contributed by atoms with Gasteiger partial charge in [0, 0.05) is 16.6 Å². The summed E-state index contributed by atoms with van der Waals surface area (Å²) in [4.78, 5) is 0. The second kappa shape index (κ2) is 3.25. The molecule has 3 heteroatoms. The molecule has 2 rings (SSSR count). The smallest absolute Gasteiger partial charge is 0.264 e. The van der Waals surface area contributed by atoms with Gasteiger partial charge < -0.3 is 5.73 Å². The lowest BCUT2D eigenvalue weighted by Gasteiger charge is -2.06. The molecule has 0 radical (unpaired) electrons. The molecule has 0 bridgehead atoms. The summed E-state index contributed by atoms with van der Waals surface area (Å²) in [7, 11) is 0.